The van der Waals surface area contributed by atoms with Crippen molar-refractivity contribution in [2.24, 2.45) is 0 Å². The highest BCUT2D eigenvalue weighted by Crippen LogP contribution is 2.26. The highest BCUT2D eigenvalue weighted by Gasteiger charge is 2.18. The summed E-state index contributed by atoms with van der Waals surface area (Å²) in [4.78, 5) is 13.2. The Kier molecular flexibility index (Phi) is 6.72. The molecule has 5 nitrogen and oxygen atoms in total. The van der Waals surface area contributed by atoms with Gasteiger partial charge in [0.25, 0.3) is 0 Å². The minimum atomic E-state index is 0.502. The van der Waals surface area contributed by atoms with Crippen molar-refractivity contribution < 1.29 is 4.74 Å². The number of pyridine rings is 2. The minimum Gasteiger partial charge on any atom is -0.489 e. The lowest BCUT2D eigenvalue weighted by Crippen LogP contribution is -2.45. The first kappa shape index (κ1) is 19.8. The van der Waals surface area contributed by atoms with Crippen molar-refractivity contribution in [3.05, 3.63) is 89.0 Å². The van der Waals surface area contributed by atoms with Crippen molar-refractivity contribution in [3.63, 3.8) is 0 Å². The van der Waals surface area contributed by atoms with E-state index in [1.54, 1.807) is 6.20 Å². The van der Waals surface area contributed by atoms with E-state index >= 15 is 0 Å². The van der Waals surface area contributed by atoms with Gasteiger partial charge < -0.3 is 4.74 Å². The van der Waals surface area contributed by atoms with Crippen molar-refractivity contribution in [3.8, 4) is 5.75 Å². The van der Waals surface area contributed by atoms with Crippen LogP contribution >= 0.6 is 11.6 Å². The van der Waals surface area contributed by atoms with Crippen LogP contribution in [0.4, 0.5) is 0 Å². The summed E-state index contributed by atoms with van der Waals surface area (Å²) < 4.78 is 6.08. The van der Waals surface area contributed by atoms with Gasteiger partial charge in [0.1, 0.15) is 12.4 Å². The van der Waals surface area contributed by atoms with E-state index in [0.29, 0.717) is 6.61 Å². The highest BCUT2D eigenvalue weighted by molar-refractivity contribution is 6.30. The van der Waals surface area contributed by atoms with Gasteiger partial charge in [-0.3, -0.25) is 19.8 Å². The fourth-order valence-corrected chi connectivity index (χ4v) is 3.74. The summed E-state index contributed by atoms with van der Waals surface area (Å²) in [6, 6.07) is 14.0. The Morgan fingerprint density at radius 3 is 2.31 bits per heavy atom. The standard InChI is InChI=1S/C23H25ClN4O/c24-22-3-4-23(29-18-20-2-1-7-26-15-20)21(14-22)17-28-12-10-27(11-13-28)16-19-5-8-25-9-6-19/h1-9,14-15H,10-13,16-18H2. The number of rotatable bonds is 7. The van der Waals surface area contributed by atoms with Crippen LogP contribution in [0.25, 0.3) is 0 Å². The molecule has 1 aliphatic heterocycles. The number of piperazine rings is 1. The van der Waals surface area contributed by atoms with E-state index < -0.39 is 0 Å². The predicted octanol–water partition coefficient (Wildman–Crippen LogP) is 4.03. The number of ether oxygens (including phenoxy) is 1. The van der Waals surface area contributed by atoms with Crippen LogP contribution in [0.1, 0.15) is 16.7 Å². The van der Waals surface area contributed by atoms with Gasteiger partial charge in [-0.25, -0.2) is 0 Å². The molecule has 0 amide bonds. The maximum Gasteiger partial charge on any atom is 0.124 e. The summed E-state index contributed by atoms with van der Waals surface area (Å²) in [5, 5.41) is 0.741. The van der Waals surface area contributed by atoms with Gasteiger partial charge in [0.05, 0.1) is 0 Å². The second kappa shape index (κ2) is 9.83. The van der Waals surface area contributed by atoms with Gasteiger partial charge in [0.15, 0.2) is 0 Å². The first-order valence-electron chi connectivity index (χ1n) is 9.90. The van der Waals surface area contributed by atoms with Crippen LogP contribution in [0.2, 0.25) is 5.02 Å². The van der Waals surface area contributed by atoms with E-state index in [-0.39, 0.29) is 0 Å². The summed E-state index contributed by atoms with van der Waals surface area (Å²) in [6.07, 6.45) is 7.32. The molecule has 1 aromatic carbocycles. The molecule has 2 aromatic heterocycles. The average molecular weight is 409 g/mol. The Hall–Kier alpha value is -2.47. The second-order valence-corrected chi connectivity index (χ2v) is 7.75. The molecule has 0 N–H and O–H groups in total. The third-order valence-corrected chi connectivity index (χ3v) is 5.39. The smallest absolute Gasteiger partial charge is 0.124 e. The van der Waals surface area contributed by atoms with Crippen LogP contribution in [0, 0.1) is 0 Å². The molecule has 6 heteroatoms. The average Bonchev–Trinajstić information content (AvgIpc) is 2.76. The largest absolute Gasteiger partial charge is 0.489 e. The lowest BCUT2D eigenvalue weighted by atomic mass is 10.1. The third kappa shape index (κ3) is 5.76. The third-order valence-electron chi connectivity index (χ3n) is 5.15. The van der Waals surface area contributed by atoms with E-state index in [0.717, 1.165) is 61.2 Å². The molecule has 0 bridgehead atoms. The maximum absolute atomic E-state index is 6.27. The van der Waals surface area contributed by atoms with Crippen LogP contribution < -0.4 is 4.74 Å². The molecule has 29 heavy (non-hydrogen) atoms. The number of hydrogen-bond donors (Lipinski definition) is 0. The molecule has 1 fully saturated rings. The molecular formula is C23H25ClN4O. The Bertz CT molecular complexity index is 899. The van der Waals surface area contributed by atoms with E-state index in [1.807, 2.05) is 48.9 Å². The van der Waals surface area contributed by atoms with Gasteiger partial charge in [0, 0.05) is 80.2 Å². The molecule has 0 atom stereocenters. The van der Waals surface area contributed by atoms with Gasteiger partial charge in [-0.05, 0) is 42.0 Å². The topological polar surface area (TPSA) is 41.5 Å². The van der Waals surface area contributed by atoms with Crippen molar-refractivity contribution >= 4 is 11.6 Å². The van der Waals surface area contributed by atoms with E-state index in [9.17, 15) is 0 Å². The van der Waals surface area contributed by atoms with Gasteiger partial charge in [-0.1, -0.05) is 17.7 Å². The molecule has 1 saturated heterocycles. The summed E-state index contributed by atoms with van der Waals surface area (Å²) in [7, 11) is 0. The molecule has 0 spiro atoms. The van der Waals surface area contributed by atoms with Crippen molar-refractivity contribution in [2.45, 2.75) is 19.7 Å². The first-order chi connectivity index (χ1) is 14.3. The Labute approximate surface area is 176 Å². The number of nitrogens with zero attached hydrogens (tertiary/aromatic N) is 4. The van der Waals surface area contributed by atoms with Gasteiger partial charge in [-0.2, -0.15) is 0 Å². The van der Waals surface area contributed by atoms with Crippen LogP contribution in [0.5, 0.6) is 5.75 Å². The molecule has 0 saturated carbocycles. The lowest BCUT2D eigenvalue weighted by molar-refractivity contribution is 0.121. The number of halogens is 1. The summed E-state index contributed by atoms with van der Waals surface area (Å²) in [5.74, 6) is 0.887. The van der Waals surface area contributed by atoms with Gasteiger partial charge >= 0.3 is 0 Å². The van der Waals surface area contributed by atoms with E-state index in [1.165, 1.54) is 5.56 Å². The van der Waals surface area contributed by atoms with Crippen LogP contribution in [-0.2, 0) is 19.7 Å². The van der Waals surface area contributed by atoms with E-state index in [4.69, 9.17) is 16.3 Å². The molecule has 0 radical (unpaired) electrons. The van der Waals surface area contributed by atoms with Crippen LogP contribution in [0.3, 0.4) is 0 Å². The number of hydrogen-bond acceptors (Lipinski definition) is 5. The normalized spacial score (nSPS) is 15.3. The zero-order valence-electron chi connectivity index (χ0n) is 16.4. The van der Waals surface area contributed by atoms with Crippen molar-refractivity contribution in [2.75, 3.05) is 26.2 Å². The summed E-state index contributed by atoms with van der Waals surface area (Å²) in [6.45, 7) is 6.48. The molecular weight excluding hydrogens is 384 g/mol. The quantitative estimate of drug-likeness (QED) is 0.590. The zero-order valence-corrected chi connectivity index (χ0v) is 17.1. The maximum atomic E-state index is 6.27. The first-order valence-corrected chi connectivity index (χ1v) is 10.3. The lowest BCUT2D eigenvalue weighted by Gasteiger charge is -2.35. The SMILES string of the molecule is Clc1ccc(OCc2cccnc2)c(CN2CCN(Cc3ccncc3)CC2)c1. The van der Waals surface area contributed by atoms with E-state index in [2.05, 4.69) is 31.9 Å². The molecule has 150 valence electrons. The zero-order chi connectivity index (χ0) is 19.9. The van der Waals surface area contributed by atoms with Gasteiger partial charge in [0.2, 0.25) is 0 Å². The molecule has 0 unspecified atom stereocenters. The van der Waals surface area contributed by atoms with Crippen molar-refractivity contribution in [1.29, 1.82) is 0 Å². The minimum absolute atomic E-state index is 0.502. The molecule has 4 rings (SSSR count). The van der Waals surface area contributed by atoms with Crippen molar-refractivity contribution in [1.82, 2.24) is 19.8 Å². The Balaban J connectivity index is 1.34. The highest BCUT2D eigenvalue weighted by atomic mass is 35.5. The molecule has 3 aromatic rings. The Morgan fingerprint density at radius 1 is 0.828 bits per heavy atom. The molecule has 3 heterocycles. The Morgan fingerprint density at radius 2 is 1.59 bits per heavy atom. The monoisotopic (exact) mass is 408 g/mol. The van der Waals surface area contributed by atoms with Gasteiger partial charge in [-0.15, -0.1) is 0 Å². The van der Waals surface area contributed by atoms with Crippen LogP contribution in [0.15, 0.2) is 67.3 Å². The van der Waals surface area contributed by atoms with Crippen LogP contribution in [-0.4, -0.2) is 45.9 Å². The fraction of sp³-hybridized carbons (Fsp3) is 0.304. The second-order valence-electron chi connectivity index (χ2n) is 7.31. The fourth-order valence-electron chi connectivity index (χ4n) is 3.55. The number of aromatic nitrogens is 2. The molecule has 0 aliphatic carbocycles. The summed E-state index contributed by atoms with van der Waals surface area (Å²) >= 11 is 6.27. The predicted molar refractivity (Wildman–Crippen MR) is 115 cm³/mol. The molecule has 1 aliphatic rings. The summed E-state index contributed by atoms with van der Waals surface area (Å²) in [5.41, 5.74) is 3.50. The number of benzene rings is 1.